The first-order chi connectivity index (χ1) is 14.5. The Kier molecular flexibility index (Phi) is 7.46. The van der Waals surface area contributed by atoms with Crippen molar-refractivity contribution in [3.63, 3.8) is 0 Å². The van der Waals surface area contributed by atoms with Gasteiger partial charge in [-0.05, 0) is 30.3 Å². The van der Waals surface area contributed by atoms with Crippen molar-refractivity contribution in [3.8, 4) is 11.5 Å². The van der Waals surface area contributed by atoms with Crippen LogP contribution in [-0.4, -0.2) is 51.4 Å². The van der Waals surface area contributed by atoms with E-state index in [2.05, 4.69) is 4.74 Å². The molecule has 31 heavy (non-hydrogen) atoms. The molecule has 0 radical (unpaired) electrons. The Labute approximate surface area is 176 Å². The molecule has 0 aromatic heterocycles. The molecule has 0 amide bonds. The van der Waals surface area contributed by atoms with Gasteiger partial charge in [0.25, 0.3) is 5.69 Å². The molecule has 0 aliphatic carbocycles. The predicted octanol–water partition coefficient (Wildman–Crippen LogP) is 2.81. The molecule has 13 heteroatoms. The number of halogens is 2. The van der Waals surface area contributed by atoms with Crippen LogP contribution in [0.4, 0.5) is 14.5 Å². The number of sulfonamides is 1. The highest BCUT2D eigenvalue weighted by Crippen LogP contribution is 2.36. The summed E-state index contributed by atoms with van der Waals surface area (Å²) in [7, 11) is 0.183. The number of rotatable bonds is 9. The number of carbonyl (C=O) groups excluding carboxylic acids is 1. The minimum Gasteiger partial charge on any atom is -0.493 e. The lowest BCUT2D eigenvalue weighted by molar-refractivity contribution is -0.386. The first-order valence-corrected chi connectivity index (χ1v) is 9.91. The second kappa shape index (κ2) is 9.66. The zero-order valence-electron chi connectivity index (χ0n) is 16.6. The second-order valence-electron chi connectivity index (χ2n) is 6.16. The number of benzene rings is 2. The van der Waals surface area contributed by atoms with Gasteiger partial charge in [-0.1, -0.05) is 0 Å². The van der Waals surface area contributed by atoms with Gasteiger partial charge in [-0.25, -0.2) is 17.5 Å². The minimum absolute atomic E-state index is 0.00461. The third-order valence-corrected chi connectivity index (χ3v) is 5.83. The Bertz CT molecular complexity index is 1070. The number of carbonyl (C=O) groups is 1. The molecule has 168 valence electrons. The maximum Gasteiger partial charge on any atom is 0.387 e. The Balaban J connectivity index is 2.23. The lowest BCUT2D eigenvalue weighted by atomic mass is 10.1. The number of hydrogen-bond donors (Lipinski definition) is 0. The normalized spacial score (nSPS) is 11.5. The fourth-order valence-electron chi connectivity index (χ4n) is 2.42. The van der Waals surface area contributed by atoms with Crippen molar-refractivity contribution >= 4 is 21.7 Å². The molecule has 0 aliphatic heterocycles. The second-order valence-corrected chi connectivity index (χ2v) is 8.31. The van der Waals surface area contributed by atoms with E-state index >= 15 is 0 Å². The Morgan fingerprint density at radius 2 is 1.77 bits per heavy atom. The lowest BCUT2D eigenvalue weighted by Gasteiger charge is -2.13. The molecule has 0 unspecified atom stereocenters. The highest BCUT2D eigenvalue weighted by atomic mass is 32.2. The highest BCUT2D eigenvalue weighted by molar-refractivity contribution is 7.89. The maximum absolute atomic E-state index is 12.5. The minimum atomic E-state index is -3.68. The van der Waals surface area contributed by atoms with E-state index in [1.54, 1.807) is 0 Å². The fraction of sp³-hybridized carbons (Fsp3) is 0.278. The molecule has 0 saturated heterocycles. The monoisotopic (exact) mass is 460 g/mol. The molecule has 0 fully saturated rings. The summed E-state index contributed by atoms with van der Waals surface area (Å²) in [6.07, 6.45) is 0. The van der Waals surface area contributed by atoms with Crippen molar-refractivity contribution in [2.24, 2.45) is 0 Å². The van der Waals surface area contributed by atoms with Crippen LogP contribution in [0.2, 0.25) is 0 Å². The van der Waals surface area contributed by atoms with Crippen molar-refractivity contribution in [3.05, 3.63) is 57.6 Å². The number of methoxy groups -OCH3 is 1. The van der Waals surface area contributed by atoms with Crippen LogP contribution in [0, 0.1) is 10.1 Å². The van der Waals surface area contributed by atoms with Gasteiger partial charge in [0, 0.05) is 14.1 Å². The van der Waals surface area contributed by atoms with E-state index in [4.69, 9.17) is 9.47 Å². The molecule has 2 aromatic carbocycles. The summed E-state index contributed by atoms with van der Waals surface area (Å²) in [5.41, 5.74) is -0.731. The molecule has 0 saturated carbocycles. The molecule has 0 spiro atoms. The van der Waals surface area contributed by atoms with Gasteiger partial charge in [-0.3, -0.25) is 10.1 Å². The molecule has 0 N–H and O–H groups in total. The Morgan fingerprint density at radius 3 is 2.26 bits per heavy atom. The van der Waals surface area contributed by atoms with E-state index in [0.717, 1.165) is 23.5 Å². The van der Waals surface area contributed by atoms with Crippen LogP contribution in [0.5, 0.6) is 11.5 Å². The molecule has 0 bridgehead atoms. The Hall–Kier alpha value is -3.32. The first kappa shape index (κ1) is 24.0. The molecule has 2 aromatic rings. The van der Waals surface area contributed by atoms with Gasteiger partial charge in [0.15, 0.2) is 11.5 Å². The summed E-state index contributed by atoms with van der Waals surface area (Å²) < 4.78 is 64.3. The summed E-state index contributed by atoms with van der Waals surface area (Å²) in [5.74, 6) is -1.64. The number of hydrogen-bond acceptors (Lipinski definition) is 8. The van der Waals surface area contributed by atoms with Crippen LogP contribution in [-0.2, 0) is 21.4 Å². The molecular weight excluding hydrogens is 442 g/mol. The molecule has 0 aliphatic rings. The SMILES string of the molecule is COc1cc(COC(=O)c2ccc(S(=O)(=O)N(C)C)cc2)c([N+](=O)[O-])cc1OC(F)F. The van der Waals surface area contributed by atoms with Gasteiger partial charge in [0.05, 0.1) is 34.1 Å². The molecular formula is C18H18F2N2O8S. The average Bonchev–Trinajstić information content (AvgIpc) is 2.71. The van der Waals surface area contributed by atoms with Gasteiger partial charge in [0.1, 0.15) is 6.61 Å². The quantitative estimate of drug-likeness (QED) is 0.318. The molecule has 0 atom stereocenters. The van der Waals surface area contributed by atoms with Crippen molar-refractivity contribution in [1.82, 2.24) is 4.31 Å². The van der Waals surface area contributed by atoms with Crippen LogP contribution in [0.3, 0.4) is 0 Å². The van der Waals surface area contributed by atoms with Crippen LogP contribution >= 0.6 is 0 Å². The van der Waals surface area contributed by atoms with Gasteiger partial charge in [-0.15, -0.1) is 0 Å². The number of nitro groups is 1. The smallest absolute Gasteiger partial charge is 0.387 e. The topological polar surface area (TPSA) is 125 Å². The third kappa shape index (κ3) is 5.64. The maximum atomic E-state index is 12.5. The van der Waals surface area contributed by atoms with E-state index in [1.807, 2.05) is 0 Å². The number of nitrogens with zero attached hydrogens (tertiary/aromatic N) is 2. The van der Waals surface area contributed by atoms with Crippen LogP contribution < -0.4 is 9.47 Å². The lowest BCUT2D eigenvalue weighted by Crippen LogP contribution is -2.22. The number of esters is 1. The summed E-state index contributed by atoms with van der Waals surface area (Å²) in [4.78, 5) is 22.7. The number of nitro benzene ring substituents is 1. The number of ether oxygens (including phenoxy) is 3. The number of alkyl halides is 2. The fourth-order valence-corrected chi connectivity index (χ4v) is 3.33. The van der Waals surface area contributed by atoms with Gasteiger partial charge in [0.2, 0.25) is 10.0 Å². The summed E-state index contributed by atoms with van der Waals surface area (Å²) in [6, 6.07) is 6.69. The van der Waals surface area contributed by atoms with Crippen LogP contribution in [0.1, 0.15) is 15.9 Å². The van der Waals surface area contributed by atoms with E-state index < -0.39 is 45.6 Å². The summed E-state index contributed by atoms with van der Waals surface area (Å²) >= 11 is 0. The van der Waals surface area contributed by atoms with Gasteiger partial charge in [-0.2, -0.15) is 8.78 Å². The van der Waals surface area contributed by atoms with Crippen molar-refractivity contribution in [2.45, 2.75) is 18.1 Å². The van der Waals surface area contributed by atoms with Crippen molar-refractivity contribution < 1.29 is 41.1 Å². The summed E-state index contributed by atoms with van der Waals surface area (Å²) in [5, 5.41) is 11.3. The standard InChI is InChI=1S/C18H18F2N2O8S/c1-21(2)31(26,27)13-6-4-11(5-7-13)17(23)29-10-12-8-15(28-3)16(30-18(19)20)9-14(12)22(24)25/h4-9,18H,10H2,1-3H3. The zero-order chi connectivity index (χ0) is 23.3. The van der Waals surface area contributed by atoms with Gasteiger partial charge >= 0.3 is 12.6 Å². The zero-order valence-corrected chi connectivity index (χ0v) is 17.4. The van der Waals surface area contributed by atoms with E-state index in [-0.39, 0.29) is 21.8 Å². The van der Waals surface area contributed by atoms with Gasteiger partial charge < -0.3 is 14.2 Å². The molecule has 2 rings (SSSR count). The van der Waals surface area contributed by atoms with E-state index in [9.17, 15) is 32.1 Å². The predicted molar refractivity (Wildman–Crippen MR) is 103 cm³/mol. The third-order valence-electron chi connectivity index (χ3n) is 4.01. The van der Waals surface area contributed by atoms with Crippen molar-refractivity contribution in [2.75, 3.05) is 21.2 Å². The van der Waals surface area contributed by atoms with Crippen LogP contribution in [0.25, 0.3) is 0 Å². The first-order valence-electron chi connectivity index (χ1n) is 8.47. The molecule has 0 heterocycles. The highest BCUT2D eigenvalue weighted by Gasteiger charge is 2.23. The molecule has 10 nitrogen and oxygen atoms in total. The average molecular weight is 460 g/mol. The van der Waals surface area contributed by atoms with E-state index in [1.165, 1.54) is 38.4 Å². The van der Waals surface area contributed by atoms with E-state index in [0.29, 0.717) is 0 Å². The van der Waals surface area contributed by atoms with Crippen LogP contribution in [0.15, 0.2) is 41.3 Å². The largest absolute Gasteiger partial charge is 0.493 e. The Morgan fingerprint density at radius 1 is 1.16 bits per heavy atom. The summed E-state index contributed by atoms with van der Waals surface area (Å²) in [6.45, 7) is -3.80. The van der Waals surface area contributed by atoms with Crippen molar-refractivity contribution in [1.29, 1.82) is 0 Å².